The maximum Gasteiger partial charge on any atom is 0.293 e. The minimum absolute atomic E-state index is 0.0808. The Kier molecular flexibility index (Phi) is 7.19. The molecule has 31 heavy (non-hydrogen) atoms. The molecule has 9 heteroatoms. The molecule has 1 saturated heterocycles. The van der Waals surface area contributed by atoms with E-state index in [1.54, 1.807) is 36.4 Å². The molecule has 2 N–H and O–H groups in total. The summed E-state index contributed by atoms with van der Waals surface area (Å²) in [6.45, 7) is 3.62. The smallest absolute Gasteiger partial charge is 0.293 e. The lowest BCUT2D eigenvalue weighted by atomic mass is 9.98. The van der Waals surface area contributed by atoms with Gasteiger partial charge < -0.3 is 20.3 Å². The number of hydrogen-bond acceptors (Lipinski definition) is 6. The van der Waals surface area contributed by atoms with E-state index >= 15 is 0 Å². The van der Waals surface area contributed by atoms with Crippen molar-refractivity contribution >= 4 is 34.6 Å². The zero-order valence-corrected chi connectivity index (χ0v) is 17.6. The number of hydrogen-bond donors (Lipinski definition) is 2. The van der Waals surface area contributed by atoms with Gasteiger partial charge in [-0.2, -0.15) is 0 Å². The van der Waals surface area contributed by atoms with Crippen molar-refractivity contribution in [3.05, 3.63) is 58.1 Å². The third-order valence-electron chi connectivity index (χ3n) is 5.24. The first-order valence-corrected chi connectivity index (χ1v) is 10.1. The van der Waals surface area contributed by atoms with Crippen molar-refractivity contribution in [1.29, 1.82) is 0 Å². The largest absolute Gasteiger partial charge is 0.375 e. The summed E-state index contributed by atoms with van der Waals surface area (Å²) in [7, 11) is 1.42. The molecule has 0 atom stereocenters. The second kappa shape index (κ2) is 10.0. The summed E-state index contributed by atoms with van der Waals surface area (Å²) in [6, 6.07) is 11.2. The van der Waals surface area contributed by atoms with E-state index in [-0.39, 0.29) is 23.8 Å². The highest BCUT2D eigenvalue weighted by atomic mass is 16.6. The standard InChI is InChI=1S/C22H26N4O5/c1-15-8-10-25(11-9-15)19-7-6-16(12-20(19)26(29)30)22(28)24-18-5-3-4-17(13-18)23-21(27)14-31-2/h3-7,12-13,15H,8-11,14H2,1-2H3,(H,23,27)(H,24,28). The number of ether oxygens (including phenoxy) is 1. The molecular weight excluding hydrogens is 400 g/mol. The summed E-state index contributed by atoms with van der Waals surface area (Å²) >= 11 is 0. The number of anilines is 3. The molecule has 1 fully saturated rings. The topological polar surface area (TPSA) is 114 Å². The summed E-state index contributed by atoms with van der Waals surface area (Å²) in [5.41, 5.74) is 1.60. The van der Waals surface area contributed by atoms with Gasteiger partial charge in [0.1, 0.15) is 12.3 Å². The fourth-order valence-electron chi connectivity index (χ4n) is 3.53. The van der Waals surface area contributed by atoms with Gasteiger partial charge in [-0.1, -0.05) is 13.0 Å². The number of nitro benzene ring substituents is 1. The first kappa shape index (κ1) is 22.2. The molecule has 2 aromatic carbocycles. The quantitative estimate of drug-likeness (QED) is 0.516. The van der Waals surface area contributed by atoms with E-state index in [0.717, 1.165) is 25.9 Å². The van der Waals surface area contributed by atoms with Crippen molar-refractivity contribution in [2.75, 3.05) is 42.3 Å². The van der Waals surface area contributed by atoms with Crippen LogP contribution in [0.25, 0.3) is 0 Å². The second-order valence-electron chi connectivity index (χ2n) is 7.65. The molecule has 0 aliphatic carbocycles. The van der Waals surface area contributed by atoms with Crippen molar-refractivity contribution in [2.24, 2.45) is 5.92 Å². The number of nitro groups is 1. The zero-order valence-electron chi connectivity index (χ0n) is 17.6. The molecule has 0 aromatic heterocycles. The van der Waals surface area contributed by atoms with Gasteiger partial charge in [-0.3, -0.25) is 19.7 Å². The van der Waals surface area contributed by atoms with Crippen molar-refractivity contribution < 1.29 is 19.2 Å². The maximum atomic E-state index is 12.7. The molecule has 1 aliphatic rings. The Morgan fingerprint density at radius 2 is 1.81 bits per heavy atom. The van der Waals surface area contributed by atoms with Gasteiger partial charge in [-0.25, -0.2) is 0 Å². The predicted octanol–water partition coefficient (Wildman–Crippen LogP) is 3.67. The van der Waals surface area contributed by atoms with Gasteiger partial charge in [0.25, 0.3) is 11.6 Å². The number of amides is 2. The van der Waals surface area contributed by atoms with Crippen molar-refractivity contribution in [3.63, 3.8) is 0 Å². The van der Waals surface area contributed by atoms with Crippen LogP contribution < -0.4 is 15.5 Å². The van der Waals surface area contributed by atoms with Crippen LogP contribution in [-0.4, -0.2) is 43.5 Å². The zero-order chi connectivity index (χ0) is 22.4. The molecular formula is C22H26N4O5. The van der Waals surface area contributed by atoms with Crippen LogP contribution in [0.15, 0.2) is 42.5 Å². The Labute approximate surface area is 180 Å². The molecule has 0 saturated carbocycles. The van der Waals surface area contributed by atoms with Gasteiger partial charge in [0.2, 0.25) is 5.91 Å². The van der Waals surface area contributed by atoms with E-state index in [1.807, 2.05) is 4.90 Å². The molecule has 3 rings (SSSR count). The van der Waals surface area contributed by atoms with Crippen LogP contribution in [0.1, 0.15) is 30.1 Å². The minimum atomic E-state index is -0.470. The average Bonchev–Trinajstić information content (AvgIpc) is 2.74. The van der Waals surface area contributed by atoms with E-state index < -0.39 is 10.8 Å². The monoisotopic (exact) mass is 426 g/mol. The first-order chi connectivity index (χ1) is 14.9. The number of carbonyl (C=O) groups excluding carboxylic acids is 2. The highest BCUT2D eigenvalue weighted by Crippen LogP contribution is 2.32. The van der Waals surface area contributed by atoms with Gasteiger partial charge in [-0.15, -0.1) is 0 Å². The van der Waals surface area contributed by atoms with E-state index in [9.17, 15) is 19.7 Å². The van der Waals surface area contributed by atoms with Gasteiger partial charge in [0.15, 0.2) is 0 Å². The molecule has 0 spiro atoms. The summed E-state index contributed by atoms with van der Waals surface area (Å²) in [5, 5.41) is 17.0. The molecule has 2 aromatic rings. The van der Waals surface area contributed by atoms with Crippen LogP contribution in [0.5, 0.6) is 0 Å². The average molecular weight is 426 g/mol. The minimum Gasteiger partial charge on any atom is -0.375 e. The summed E-state index contributed by atoms with van der Waals surface area (Å²) < 4.78 is 4.78. The number of rotatable bonds is 7. The molecule has 0 bridgehead atoms. The van der Waals surface area contributed by atoms with Crippen LogP contribution in [0.2, 0.25) is 0 Å². The predicted molar refractivity (Wildman–Crippen MR) is 119 cm³/mol. The van der Waals surface area contributed by atoms with Crippen LogP contribution in [0, 0.1) is 16.0 Å². The highest BCUT2D eigenvalue weighted by molar-refractivity contribution is 6.05. The molecule has 164 valence electrons. The third kappa shape index (κ3) is 5.79. The fourth-order valence-corrected chi connectivity index (χ4v) is 3.53. The lowest BCUT2D eigenvalue weighted by Crippen LogP contribution is -2.33. The second-order valence-corrected chi connectivity index (χ2v) is 7.65. The summed E-state index contributed by atoms with van der Waals surface area (Å²) in [6.07, 6.45) is 1.97. The number of nitrogens with zero attached hydrogens (tertiary/aromatic N) is 2. The molecule has 1 heterocycles. The third-order valence-corrected chi connectivity index (χ3v) is 5.24. The van der Waals surface area contributed by atoms with Gasteiger partial charge in [-0.05, 0) is 49.1 Å². The Bertz CT molecular complexity index is 970. The van der Waals surface area contributed by atoms with E-state index in [1.165, 1.54) is 13.2 Å². The van der Waals surface area contributed by atoms with Gasteiger partial charge in [0, 0.05) is 43.2 Å². The van der Waals surface area contributed by atoms with E-state index in [0.29, 0.717) is 23.0 Å². The van der Waals surface area contributed by atoms with Gasteiger partial charge in [0.05, 0.1) is 4.92 Å². The van der Waals surface area contributed by atoms with Crippen molar-refractivity contribution in [2.45, 2.75) is 19.8 Å². The number of methoxy groups -OCH3 is 1. The SMILES string of the molecule is COCC(=O)Nc1cccc(NC(=O)c2ccc(N3CCC(C)CC3)c([N+](=O)[O-])c2)c1. The Balaban J connectivity index is 1.75. The first-order valence-electron chi connectivity index (χ1n) is 10.1. The Morgan fingerprint density at radius 3 is 2.45 bits per heavy atom. The number of carbonyl (C=O) groups is 2. The molecule has 1 aliphatic heterocycles. The maximum absolute atomic E-state index is 12.7. The molecule has 9 nitrogen and oxygen atoms in total. The van der Waals surface area contributed by atoms with Crippen LogP contribution in [-0.2, 0) is 9.53 Å². The number of piperidine rings is 1. The Hall–Kier alpha value is -3.46. The van der Waals surface area contributed by atoms with Crippen LogP contribution in [0.3, 0.4) is 0 Å². The Morgan fingerprint density at radius 1 is 1.13 bits per heavy atom. The van der Waals surface area contributed by atoms with E-state index in [2.05, 4.69) is 17.6 Å². The molecule has 0 radical (unpaired) electrons. The fraction of sp³-hybridized carbons (Fsp3) is 0.364. The molecule has 2 amide bonds. The number of benzene rings is 2. The van der Waals surface area contributed by atoms with Crippen LogP contribution in [0.4, 0.5) is 22.7 Å². The van der Waals surface area contributed by atoms with Gasteiger partial charge >= 0.3 is 0 Å². The van der Waals surface area contributed by atoms with Crippen molar-refractivity contribution in [3.8, 4) is 0 Å². The highest BCUT2D eigenvalue weighted by Gasteiger charge is 2.24. The summed E-state index contributed by atoms with van der Waals surface area (Å²) in [5.74, 6) is -0.179. The van der Waals surface area contributed by atoms with E-state index in [4.69, 9.17) is 4.74 Å². The summed E-state index contributed by atoms with van der Waals surface area (Å²) in [4.78, 5) is 37.6. The van der Waals surface area contributed by atoms with Crippen LogP contribution >= 0.6 is 0 Å². The lowest BCUT2D eigenvalue weighted by Gasteiger charge is -2.31. The normalized spacial score (nSPS) is 14.2. The van der Waals surface area contributed by atoms with Crippen molar-refractivity contribution in [1.82, 2.24) is 0 Å². The molecule has 0 unspecified atom stereocenters. The lowest BCUT2D eigenvalue weighted by molar-refractivity contribution is -0.384. The number of nitrogens with one attached hydrogen (secondary N) is 2.